The number of anilines is 2. The molecule has 0 bridgehead atoms. The fourth-order valence-corrected chi connectivity index (χ4v) is 2.00. The SMILES string of the molecule is Cn1cc(-c2nc(Nc3cccc([N+](=O)[O-])c3)ncc2F)cn1. The molecule has 0 unspecified atom stereocenters. The normalized spacial score (nSPS) is 10.5. The quantitative estimate of drug-likeness (QED) is 0.587. The second-order valence-electron chi connectivity index (χ2n) is 4.73. The molecular weight excluding hydrogens is 303 g/mol. The van der Waals surface area contributed by atoms with Crippen LogP contribution in [0, 0.1) is 15.9 Å². The number of aromatic nitrogens is 4. The van der Waals surface area contributed by atoms with E-state index in [1.165, 1.54) is 29.1 Å². The van der Waals surface area contributed by atoms with Crippen LogP contribution in [0.2, 0.25) is 0 Å². The number of nitro groups is 1. The van der Waals surface area contributed by atoms with Gasteiger partial charge in [0, 0.05) is 36.6 Å². The Morgan fingerprint density at radius 2 is 2.17 bits per heavy atom. The van der Waals surface area contributed by atoms with Gasteiger partial charge in [-0.05, 0) is 6.07 Å². The van der Waals surface area contributed by atoms with Crippen LogP contribution in [0.15, 0.2) is 42.9 Å². The number of rotatable bonds is 4. The Balaban J connectivity index is 1.92. The fourth-order valence-electron chi connectivity index (χ4n) is 2.00. The maximum absolute atomic E-state index is 13.9. The van der Waals surface area contributed by atoms with Gasteiger partial charge in [0.25, 0.3) is 5.69 Å². The van der Waals surface area contributed by atoms with Gasteiger partial charge in [-0.3, -0.25) is 14.8 Å². The van der Waals surface area contributed by atoms with Crippen molar-refractivity contribution in [3.63, 3.8) is 0 Å². The third-order valence-corrected chi connectivity index (χ3v) is 3.04. The monoisotopic (exact) mass is 314 g/mol. The number of aryl methyl sites for hydroxylation is 1. The van der Waals surface area contributed by atoms with Crippen molar-refractivity contribution >= 4 is 17.3 Å². The summed E-state index contributed by atoms with van der Waals surface area (Å²) in [5.41, 5.74) is 0.975. The summed E-state index contributed by atoms with van der Waals surface area (Å²) in [7, 11) is 1.71. The molecule has 2 heterocycles. The van der Waals surface area contributed by atoms with E-state index < -0.39 is 10.7 Å². The van der Waals surface area contributed by atoms with Crippen molar-refractivity contribution < 1.29 is 9.31 Å². The lowest BCUT2D eigenvalue weighted by Gasteiger charge is -2.06. The molecule has 0 aliphatic carbocycles. The molecule has 1 N–H and O–H groups in total. The number of hydrogen-bond acceptors (Lipinski definition) is 6. The molecule has 0 saturated carbocycles. The van der Waals surface area contributed by atoms with E-state index in [1.54, 1.807) is 19.3 Å². The first-order valence-corrected chi connectivity index (χ1v) is 6.56. The third kappa shape index (κ3) is 3.12. The highest BCUT2D eigenvalue weighted by Crippen LogP contribution is 2.23. The Morgan fingerprint density at radius 1 is 1.35 bits per heavy atom. The van der Waals surface area contributed by atoms with Gasteiger partial charge in [0.1, 0.15) is 5.69 Å². The number of halogens is 1. The van der Waals surface area contributed by atoms with Crippen LogP contribution in [0.4, 0.5) is 21.7 Å². The van der Waals surface area contributed by atoms with Crippen LogP contribution in [-0.2, 0) is 7.05 Å². The van der Waals surface area contributed by atoms with Gasteiger partial charge in [-0.25, -0.2) is 14.4 Å². The second-order valence-corrected chi connectivity index (χ2v) is 4.73. The summed E-state index contributed by atoms with van der Waals surface area (Å²) in [5.74, 6) is -0.451. The topological polar surface area (TPSA) is 98.8 Å². The molecule has 3 rings (SSSR count). The Kier molecular flexibility index (Phi) is 3.67. The largest absolute Gasteiger partial charge is 0.324 e. The number of non-ortho nitro benzene ring substituents is 1. The maximum atomic E-state index is 13.9. The molecule has 0 radical (unpaired) electrons. The summed E-state index contributed by atoms with van der Waals surface area (Å²) in [4.78, 5) is 18.2. The molecule has 2 aromatic heterocycles. The van der Waals surface area contributed by atoms with Gasteiger partial charge < -0.3 is 5.32 Å². The molecular formula is C14H11FN6O2. The van der Waals surface area contributed by atoms with Gasteiger partial charge in [0.15, 0.2) is 5.82 Å². The van der Waals surface area contributed by atoms with Gasteiger partial charge in [0.2, 0.25) is 5.95 Å². The van der Waals surface area contributed by atoms with Crippen molar-refractivity contribution in [3.8, 4) is 11.3 Å². The Labute approximate surface area is 129 Å². The summed E-state index contributed by atoms with van der Waals surface area (Å²) >= 11 is 0. The van der Waals surface area contributed by atoms with Crippen LogP contribution in [0.3, 0.4) is 0 Å². The van der Waals surface area contributed by atoms with Gasteiger partial charge in [0.05, 0.1) is 17.3 Å². The summed E-state index contributed by atoms with van der Waals surface area (Å²) < 4.78 is 15.4. The minimum Gasteiger partial charge on any atom is -0.324 e. The molecule has 0 amide bonds. The first-order chi connectivity index (χ1) is 11.0. The summed E-state index contributed by atoms with van der Waals surface area (Å²) in [5, 5.41) is 17.6. The molecule has 0 aliphatic rings. The van der Waals surface area contributed by atoms with Crippen molar-refractivity contribution in [2.45, 2.75) is 0 Å². The average molecular weight is 314 g/mol. The molecule has 9 heteroatoms. The van der Waals surface area contributed by atoms with Gasteiger partial charge in [-0.1, -0.05) is 6.07 Å². The van der Waals surface area contributed by atoms with E-state index in [4.69, 9.17) is 0 Å². The van der Waals surface area contributed by atoms with Crippen molar-refractivity contribution in [3.05, 3.63) is 58.8 Å². The highest BCUT2D eigenvalue weighted by Gasteiger charge is 2.12. The fraction of sp³-hybridized carbons (Fsp3) is 0.0714. The van der Waals surface area contributed by atoms with Crippen LogP contribution in [0.25, 0.3) is 11.3 Å². The molecule has 0 atom stereocenters. The van der Waals surface area contributed by atoms with E-state index in [0.29, 0.717) is 11.3 Å². The standard InChI is InChI=1S/C14H11FN6O2/c1-20-8-9(6-17-20)13-12(15)7-16-14(19-13)18-10-3-2-4-11(5-10)21(22)23/h2-8H,1H3,(H,16,18,19). The van der Waals surface area contributed by atoms with Gasteiger partial charge >= 0.3 is 0 Å². The zero-order chi connectivity index (χ0) is 16.4. The van der Waals surface area contributed by atoms with Crippen molar-refractivity contribution in [1.29, 1.82) is 0 Å². The number of nitrogens with one attached hydrogen (secondary N) is 1. The lowest BCUT2D eigenvalue weighted by atomic mass is 10.2. The number of hydrogen-bond donors (Lipinski definition) is 1. The molecule has 0 fully saturated rings. The smallest absolute Gasteiger partial charge is 0.271 e. The van der Waals surface area contributed by atoms with E-state index in [0.717, 1.165) is 6.20 Å². The van der Waals surface area contributed by atoms with Crippen LogP contribution in [-0.4, -0.2) is 24.7 Å². The molecule has 116 valence electrons. The molecule has 0 spiro atoms. The van der Waals surface area contributed by atoms with Gasteiger partial charge in [-0.2, -0.15) is 5.10 Å². The Bertz CT molecular complexity index is 879. The lowest BCUT2D eigenvalue weighted by Crippen LogP contribution is -2.00. The second kappa shape index (κ2) is 5.79. The third-order valence-electron chi connectivity index (χ3n) is 3.04. The Hall–Kier alpha value is -3.36. The van der Waals surface area contributed by atoms with E-state index in [9.17, 15) is 14.5 Å². The maximum Gasteiger partial charge on any atom is 0.271 e. The van der Waals surface area contributed by atoms with Gasteiger partial charge in [-0.15, -0.1) is 0 Å². The van der Waals surface area contributed by atoms with Crippen molar-refractivity contribution in [2.24, 2.45) is 7.05 Å². The average Bonchev–Trinajstić information content (AvgIpc) is 2.96. The number of benzene rings is 1. The van der Waals surface area contributed by atoms with E-state index in [-0.39, 0.29) is 17.3 Å². The summed E-state index contributed by atoms with van der Waals surface area (Å²) in [6.07, 6.45) is 4.15. The Morgan fingerprint density at radius 3 is 2.87 bits per heavy atom. The summed E-state index contributed by atoms with van der Waals surface area (Å²) in [6, 6.07) is 5.88. The lowest BCUT2D eigenvalue weighted by molar-refractivity contribution is -0.384. The van der Waals surface area contributed by atoms with E-state index in [2.05, 4.69) is 20.4 Å². The highest BCUT2D eigenvalue weighted by atomic mass is 19.1. The molecule has 0 aliphatic heterocycles. The number of nitrogens with zero attached hydrogens (tertiary/aromatic N) is 5. The predicted octanol–water partition coefficient (Wildman–Crippen LogP) is 2.67. The summed E-state index contributed by atoms with van der Waals surface area (Å²) in [6.45, 7) is 0. The highest BCUT2D eigenvalue weighted by molar-refractivity contribution is 5.62. The van der Waals surface area contributed by atoms with Crippen LogP contribution < -0.4 is 5.32 Å². The molecule has 23 heavy (non-hydrogen) atoms. The minimum absolute atomic E-state index is 0.0652. The zero-order valence-corrected chi connectivity index (χ0v) is 12.0. The zero-order valence-electron chi connectivity index (χ0n) is 12.0. The van der Waals surface area contributed by atoms with Crippen molar-refractivity contribution in [1.82, 2.24) is 19.7 Å². The van der Waals surface area contributed by atoms with Crippen LogP contribution in [0.5, 0.6) is 0 Å². The molecule has 1 aromatic carbocycles. The predicted molar refractivity (Wildman–Crippen MR) is 80.6 cm³/mol. The van der Waals surface area contributed by atoms with Crippen LogP contribution in [0.1, 0.15) is 0 Å². The molecule has 8 nitrogen and oxygen atoms in total. The molecule has 3 aromatic rings. The van der Waals surface area contributed by atoms with Crippen LogP contribution >= 0.6 is 0 Å². The molecule has 0 saturated heterocycles. The minimum atomic E-state index is -0.581. The van der Waals surface area contributed by atoms with Crippen molar-refractivity contribution in [2.75, 3.05) is 5.32 Å². The first kappa shape index (κ1) is 14.6. The van der Waals surface area contributed by atoms with E-state index >= 15 is 0 Å². The van der Waals surface area contributed by atoms with E-state index in [1.807, 2.05) is 0 Å². The number of nitro benzene ring substituents is 1. The first-order valence-electron chi connectivity index (χ1n) is 6.56.